The smallest absolute Gasteiger partial charge is 0.211 e. The molecule has 5 nitrogen and oxygen atoms in total. The normalized spacial score (nSPS) is 21.0. The molecule has 26 heavy (non-hydrogen) atoms. The molecular formula is C19H26ClN3O2S. The molecule has 1 aliphatic carbocycles. The van der Waals surface area contributed by atoms with Gasteiger partial charge in [0.05, 0.1) is 11.3 Å². The van der Waals surface area contributed by atoms with Gasteiger partial charge in [-0.05, 0) is 56.4 Å². The number of halogens is 1. The zero-order chi connectivity index (χ0) is 18.6. The van der Waals surface area contributed by atoms with Crippen LogP contribution in [0.15, 0.2) is 30.5 Å². The second-order valence-electron chi connectivity index (χ2n) is 7.00. The second-order valence-corrected chi connectivity index (χ2v) is 9.31. The highest BCUT2D eigenvalue weighted by Crippen LogP contribution is 2.28. The van der Waals surface area contributed by atoms with E-state index in [2.05, 4.69) is 15.0 Å². The summed E-state index contributed by atoms with van der Waals surface area (Å²) in [5.74, 6) is 0.229. The van der Waals surface area contributed by atoms with Crippen molar-refractivity contribution in [1.82, 2.24) is 9.71 Å². The minimum Gasteiger partial charge on any atom is -0.382 e. The monoisotopic (exact) mass is 395 g/mol. The van der Waals surface area contributed by atoms with Crippen LogP contribution in [0.5, 0.6) is 0 Å². The summed E-state index contributed by atoms with van der Waals surface area (Å²) in [5.41, 5.74) is 1.93. The lowest BCUT2D eigenvalue weighted by molar-refractivity contribution is 0.387. The maximum Gasteiger partial charge on any atom is 0.211 e. The number of benzene rings is 1. The Hall–Kier alpha value is -1.37. The number of anilines is 1. The fraction of sp³-hybridized carbons (Fsp3) is 0.526. The Labute approximate surface area is 160 Å². The predicted molar refractivity (Wildman–Crippen MR) is 108 cm³/mol. The van der Waals surface area contributed by atoms with Crippen LogP contribution in [0.2, 0.25) is 5.02 Å². The summed E-state index contributed by atoms with van der Waals surface area (Å²) in [6.45, 7) is 2.00. The van der Waals surface area contributed by atoms with E-state index in [1.165, 1.54) is 0 Å². The summed E-state index contributed by atoms with van der Waals surface area (Å²) in [6.07, 6.45) is 7.00. The maximum absolute atomic E-state index is 12.1. The van der Waals surface area contributed by atoms with Gasteiger partial charge in [0.25, 0.3) is 0 Å². The average molecular weight is 396 g/mol. The molecule has 2 aromatic rings. The molecule has 1 aromatic heterocycles. The van der Waals surface area contributed by atoms with Crippen LogP contribution in [0.3, 0.4) is 0 Å². The third kappa shape index (κ3) is 5.09. The van der Waals surface area contributed by atoms with Gasteiger partial charge < -0.3 is 5.32 Å². The van der Waals surface area contributed by atoms with E-state index in [-0.39, 0.29) is 11.8 Å². The number of nitrogens with one attached hydrogen (secondary N) is 2. The van der Waals surface area contributed by atoms with Gasteiger partial charge in [-0.2, -0.15) is 0 Å². The lowest BCUT2D eigenvalue weighted by atomic mass is 9.91. The lowest BCUT2D eigenvalue weighted by Crippen LogP contribution is -2.41. The standard InChI is InChI=1S/C19H26ClN3O2S/c1-2-3-12-26(24,25)23-16-7-5-15(6-8-16)22-18-10-11-21-19-13-14(20)4-9-17(18)19/h4,9-11,13,15-16,23H,2-3,5-8,12H2,1H3,(H,21,22)/t15-,16+. The van der Waals surface area contributed by atoms with Gasteiger partial charge in [-0.3, -0.25) is 4.98 Å². The molecule has 0 saturated heterocycles. The first-order valence-corrected chi connectivity index (χ1v) is 11.3. The Morgan fingerprint density at radius 1 is 1.15 bits per heavy atom. The van der Waals surface area contributed by atoms with Crippen molar-refractivity contribution in [2.45, 2.75) is 57.5 Å². The van der Waals surface area contributed by atoms with E-state index in [1.54, 1.807) is 6.20 Å². The molecule has 3 rings (SSSR count). The first kappa shape index (κ1) is 19.4. The number of sulfonamides is 1. The second kappa shape index (κ2) is 8.55. The quantitative estimate of drug-likeness (QED) is 0.731. The Morgan fingerprint density at radius 2 is 1.88 bits per heavy atom. The summed E-state index contributed by atoms with van der Waals surface area (Å²) in [7, 11) is -3.14. The van der Waals surface area contributed by atoms with Crippen LogP contribution in [0.1, 0.15) is 45.4 Å². The van der Waals surface area contributed by atoms with E-state index >= 15 is 0 Å². The summed E-state index contributed by atoms with van der Waals surface area (Å²) in [5, 5.41) is 5.33. The van der Waals surface area contributed by atoms with Crippen molar-refractivity contribution in [3.63, 3.8) is 0 Å². The van der Waals surface area contributed by atoms with Gasteiger partial charge in [-0.1, -0.05) is 24.9 Å². The van der Waals surface area contributed by atoms with Crippen LogP contribution in [0.25, 0.3) is 10.9 Å². The van der Waals surface area contributed by atoms with Crippen molar-refractivity contribution in [2.75, 3.05) is 11.1 Å². The van der Waals surface area contributed by atoms with E-state index in [0.29, 0.717) is 17.5 Å². The van der Waals surface area contributed by atoms with E-state index in [4.69, 9.17) is 11.6 Å². The molecule has 1 aliphatic rings. The number of unbranched alkanes of at least 4 members (excludes halogenated alkanes) is 1. The average Bonchev–Trinajstić information content (AvgIpc) is 2.61. The SMILES string of the molecule is CCCCS(=O)(=O)N[C@H]1CC[C@@H](Nc2ccnc3cc(Cl)ccc23)CC1. The molecule has 0 bridgehead atoms. The van der Waals surface area contributed by atoms with Crippen LogP contribution in [0, 0.1) is 0 Å². The first-order valence-electron chi connectivity index (χ1n) is 9.27. The Kier molecular flexibility index (Phi) is 6.37. The predicted octanol–water partition coefficient (Wildman–Crippen LogP) is 4.33. The van der Waals surface area contributed by atoms with E-state index in [1.807, 2.05) is 31.2 Å². The van der Waals surface area contributed by atoms with Crippen molar-refractivity contribution < 1.29 is 8.42 Å². The summed E-state index contributed by atoms with van der Waals surface area (Å²) < 4.78 is 27.0. The van der Waals surface area contributed by atoms with E-state index in [9.17, 15) is 8.42 Å². The molecular weight excluding hydrogens is 370 g/mol. The van der Waals surface area contributed by atoms with E-state index < -0.39 is 10.0 Å². The minimum atomic E-state index is -3.14. The largest absolute Gasteiger partial charge is 0.382 e. The fourth-order valence-electron chi connectivity index (χ4n) is 3.47. The van der Waals surface area contributed by atoms with Gasteiger partial charge in [-0.25, -0.2) is 13.1 Å². The number of pyridine rings is 1. The molecule has 0 spiro atoms. The van der Waals surface area contributed by atoms with Gasteiger partial charge in [0, 0.05) is 34.4 Å². The summed E-state index contributed by atoms with van der Waals surface area (Å²) >= 11 is 6.05. The number of fused-ring (bicyclic) bond motifs is 1. The van der Waals surface area contributed by atoms with Crippen molar-refractivity contribution >= 4 is 38.2 Å². The summed E-state index contributed by atoms with van der Waals surface area (Å²) in [4.78, 5) is 4.37. The molecule has 1 saturated carbocycles. The Bertz CT molecular complexity index is 849. The van der Waals surface area contributed by atoms with E-state index in [0.717, 1.165) is 48.7 Å². The molecule has 0 unspecified atom stereocenters. The molecule has 0 amide bonds. The highest BCUT2D eigenvalue weighted by atomic mass is 35.5. The molecule has 0 aliphatic heterocycles. The van der Waals surface area contributed by atoms with Gasteiger partial charge in [0.2, 0.25) is 10.0 Å². The van der Waals surface area contributed by atoms with Crippen LogP contribution >= 0.6 is 11.6 Å². The third-order valence-electron chi connectivity index (χ3n) is 4.90. The molecule has 1 aromatic carbocycles. The number of hydrogen-bond acceptors (Lipinski definition) is 4. The van der Waals surface area contributed by atoms with Gasteiger partial charge in [0.1, 0.15) is 0 Å². The Morgan fingerprint density at radius 3 is 2.62 bits per heavy atom. The maximum atomic E-state index is 12.1. The van der Waals surface area contributed by atoms with Crippen molar-refractivity contribution in [3.8, 4) is 0 Å². The topological polar surface area (TPSA) is 71.1 Å². The molecule has 1 fully saturated rings. The molecule has 7 heteroatoms. The molecule has 142 valence electrons. The highest BCUT2D eigenvalue weighted by molar-refractivity contribution is 7.89. The van der Waals surface area contributed by atoms with Crippen LogP contribution in [-0.4, -0.2) is 31.2 Å². The first-order chi connectivity index (χ1) is 12.5. The number of rotatable bonds is 7. The van der Waals surface area contributed by atoms with Crippen LogP contribution in [0.4, 0.5) is 5.69 Å². The van der Waals surface area contributed by atoms with Gasteiger partial charge in [-0.15, -0.1) is 0 Å². The molecule has 0 radical (unpaired) electrons. The highest BCUT2D eigenvalue weighted by Gasteiger charge is 2.24. The third-order valence-corrected chi connectivity index (χ3v) is 6.66. The van der Waals surface area contributed by atoms with Crippen LogP contribution in [-0.2, 0) is 10.0 Å². The number of hydrogen-bond donors (Lipinski definition) is 2. The van der Waals surface area contributed by atoms with Crippen molar-refractivity contribution in [3.05, 3.63) is 35.5 Å². The lowest BCUT2D eigenvalue weighted by Gasteiger charge is -2.30. The summed E-state index contributed by atoms with van der Waals surface area (Å²) in [6, 6.07) is 8.11. The van der Waals surface area contributed by atoms with Crippen molar-refractivity contribution in [1.29, 1.82) is 0 Å². The van der Waals surface area contributed by atoms with Crippen molar-refractivity contribution in [2.24, 2.45) is 0 Å². The minimum absolute atomic E-state index is 0.0582. The van der Waals surface area contributed by atoms with Crippen LogP contribution < -0.4 is 10.0 Å². The number of nitrogens with zero attached hydrogens (tertiary/aromatic N) is 1. The Balaban J connectivity index is 1.58. The van der Waals surface area contributed by atoms with Gasteiger partial charge in [0.15, 0.2) is 0 Å². The fourth-order valence-corrected chi connectivity index (χ4v) is 5.17. The molecule has 0 atom stereocenters. The zero-order valence-corrected chi connectivity index (χ0v) is 16.6. The zero-order valence-electron chi connectivity index (χ0n) is 15.0. The number of aromatic nitrogens is 1. The molecule has 1 heterocycles. The van der Waals surface area contributed by atoms with Gasteiger partial charge >= 0.3 is 0 Å². The molecule has 2 N–H and O–H groups in total.